The van der Waals surface area contributed by atoms with Gasteiger partial charge in [0.15, 0.2) is 0 Å². The van der Waals surface area contributed by atoms with Gasteiger partial charge in [0.25, 0.3) is 5.89 Å². The molecule has 3 aromatic rings. The number of aromatic nitrogens is 2. The number of aliphatic hydroxyl groups is 1. The van der Waals surface area contributed by atoms with E-state index in [0.29, 0.717) is 6.07 Å². The minimum absolute atomic E-state index is 0.0331. The van der Waals surface area contributed by atoms with Gasteiger partial charge in [-0.1, -0.05) is 17.3 Å². The number of hydrogen-bond acceptors (Lipinski definition) is 8. The predicted molar refractivity (Wildman–Crippen MR) is 145 cm³/mol. The summed E-state index contributed by atoms with van der Waals surface area (Å²) in [7, 11) is 0. The SMILES string of the molecule is CC(C)(C)OC(=O)N/C(=N\C(=O)O)N1CC[C@H](O)[C@H]1c1nc(-c2ccc(OCc3ccc(C(F)(F)F)cc3)c(C(F)(F)F)c2)no1. The number of hydrogen-bond donors (Lipinski definition) is 3. The van der Waals surface area contributed by atoms with Crippen molar-refractivity contribution in [3.63, 3.8) is 0 Å². The van der Waals surface area contributed by atoms with E-state index in [2.05, 4.69) is 20.4 Å². The van der Waals surface area contributed by atoms with Crippen molar-refractivity contribution in [2.75, 3.05) is 6.54 Å². The first-order chi connectivity index (χ1) is 21.3. The molecule has 248 valence electrons. The number of alkyl halides is 6. The van der Waals surface area contributed by atoms with Crippen molar-refractivity contribution in [2.24, 2.45) is 4.99 Å². The molecule has 1 aliphatic rings. The Kier molecular flexibility index (Phi) is 9.51. The molecule has 2 atom stereocenters. The molecule has 3 N–H and O–H groups in total. The largest absolute Gasteiger partial charge is 0.488 e. The van der Waals surface area contributed by atoms with Crippen LogP contribution in [0, 0.1) is 0 Å². The molecule has 1 saturated heterocycles. The Morgan fingerprint density at radius 1 is 1.07 bits per heavy atom. The van der Waals surface area contributed by atoms with Gasteiger partial charge in [0.05, 0.1) is 17.2 Å². The minimum Gasteiger partial charge on any atom is -0.488 e. The Hall–Kier alpha value is -4.87. The van der Waals surface area contributed by atoms with Crippen molar-refractivity contribution in [2.45, 2.75) is 63.9 Å². The maximum absolute atomic E-state index is 14.0. The van der Waals surface area contributed by atoms with Gasteiger partial charge in [0.2, 0.25) is 11.8 Å². The number of aliphatic hydroxyl groups excluding tert-OH is 1. The molecule has 1 aromatic heterocycles. The zero-order valence-corrected chi connectivity index (χ0v) is 24.3. The van der Waals surface area contributed by atoms with E-state index in [0.717, 1.165) is 30.3 Å². The van der Waals surface area contributed by atoms with Gasteiger partial charge >= 0.3 is 24.5 Å². The van der Waals surface area contributed by atoms with Gasteiger partial charge in [0.1, 0.15) is 24.0 Å². The highest BCUT2D eigenvalue weighted by Gasteiger charge is 2.42. The summed E-state index contributed by atoms with van der Waals surface area (Å²) in [6.45, 7) is 4.23. The molecule has 46 heavy (non-hydrogen) atoms. The summed E-state index contributed by atoms with van der Waals surface area (Å²) in [6, 6.07) is 5.35. The summed E-state index contributed by atoms with van der Waals surface area (Å²) in [5.74, 6) is -1.78. The second-order valence-corrected chi connectivity index (χ2v) is 11.0. The van der Waals surface area contributed by atoms with Crippen LogP contribution in [0.25, 0.3) is 11.4 Å². The van der Waals surface area contributed by atoms with E-state index >= 15 is 0 Å². The highest BCUT2D eigenvalue weighted by Crippen LogP contribution is 2.40. The van der Waals surface area contributed by atoms with Gasteiger partial charge in [-0.3, -0.25) is 5.32 Å². The van der Waals surface area contributed by atoms with Crippen LogP contribution in [-0.2, 0) is 23.7 Å². The van der Waals surface area contributed by atoms with Crippen LogP contribution in [0.1, 0.15) is 55.8 Å². The average Bonchev–Trinajstić information content (AvgIpc) is 3.56. The number of guanidine groups is 1. The summed E-state index contributed by atoms with van der Waals surface area (Å²) in [4.78, 5) is 32.4. The molecular weight excluding hydrogens is 632 g/mol. The Balaban J connectivity index is 1.58. The van der Waals surface area contributed by atoms with Gasteiger partial charge in [-0.2, -0.15) is 31.3 Å². The maximum atomic E-state index is 14.0. The third kappa shape index (κ3) is 8.43. The van der Waals surface area contributed by atoms with Crippen LogP contribution in [0.2, 0.25) is 0 Å². The van der Waals surface area contributed by atoms with Crippen molar-refractivity contribution in [3.8, 4) is 17.1 Å². The lowest BCUT2D eigenvalue weighted by Crippen LogP contribution is -2.47. The smallest absolute Gasteiger partial charge is 0.434 e. The number of amides is 2. The number of likely N-dealkylation sites (tertiary alicyclic amines) is 1. The molecule has 2 amide bonds. The molecule has 0 radical (unpaired) electrons. The normalized spacial score (nSPS) is 17.6. The average molecular weight is 660 g/mol. The molecule has 18 heteroatoms. The quantitative estimate of drug-likeness (QED) is 0.168. The Morgan fingerprint density at radius 2 is 1.74 bits per heavy atom. The van der Waals surface area contributed by atoms with Crippen molar-refractivity contribution in [1.29, 1.82) is 0 Å². The van der Waals surface area contributed by atoms with Gasteiger partial charge in [-0.05, 0) is 63.1 Å². The third-order valence-electron chi connectivity index (χ3n) is 6.37. The van der Waals surface area contributed by atoms with Gasteiger partial charge in [-0.25, -0.2) is 9.59 Å². The van der Waals surface area contributed by atoms with Crippen molar-refractivity contribution >= 4 is 18.1 Å². The van der Waals surface area contributed by atoms with Crippen LogP contribution >= 0.6 is 0 Å². The first-order valence-corrected chi connectivity index (χ1v) is 13.4. The van der Waals surface area contributed by atoms with E-state index < -0.39 is 71.7 Å². The lowest BCUT2D eigenvalue weighted by molar-refractivity contribution is -0.139. The number of halogens is 6. The zero-order chi connectivity index (χ0) is 34.0. The molecule has 2 heterocycles. The first-order valence-electron chi connectivity index (χ1n) is 13.4. The summed E-state index contributed by atoms with van der Waals surface area (Å²) in [5, 5.41) is 25.8. The molecule has 4 rings (SSSR count). The van der Waals surface area contributed by atoms with Crippen molar-refractivity contribution in [1.82, 2.24) is 20.4 Å². The Labute approximate surface area is 256 Å². The van der Waals surface area contributed by atoms with Crippen LogP contribution in [0.5, 0.6) is 5.75 Å². The van der Waals surface area contributed by atoms with Crippen LogP contribution < -0.4 is 10.1 Å². The number of carbonyl (C=O) groups excluding carboxylic acids is 1. The maximum Gasteiger partial charge on any atom is 0.434 e. The number of benzene rings is 2. The van der Waals surface area contributed by atoms with Gasteiger partial charge in [0, 0.05) is 12.1 Å². The molecule has 0 saturated carbocycles. The van der Waals surface area contributed by atoms with Crippen molar-refractivity contribution in [3.05, 3.63) is 65.0 Å². The van der Waals surface area contributed by atoms with Gasteiger partial charge in [-0.15, -0.1) is 4.99 Å². The number of ether oxygens (including phenoxy) is 2. The standard InChI is InChI=1S/C28H27F6N5O7/c1-26(2,3)45-25(43)37-23(36-24(41)42)39-11-10-18(40)20(39)22-35-21(38-46-22)15-6-9-19(17(12-15)28(32,33)34)44-13-14-4-7-16(8-5-14)27(29,30)31/h4-9,12,18,20,40H,10-11,13H2,1-3H3,(H,41,42)(H,36,37,43)/t18-,20-/m0/s1. The van der Waals surface area contributed by atoms with E-state index in [1.807, 2.05) is 0 Å². The Morgan fingerprint density at radius 3 is 2.33 bits per heavy atom. The Bertz CT molecular complexity index is 1600. The first kappa shape index (κ1) is 34.0. The molecule has 1 aliphatic heterocycles. The lowest BCUT2D eigenvalue weighted by Gasteiger charge is -2.27. The number of carboxylic acid groups (broad SMARTS) is 1. The molecule has 0 bridgehead atoms. The van der Waals surface area contributed by atoms with Crippen LogP contribution in [0.15, 0.2) is 52.0 Å². The molecule has 0 unspecified atom stereocenters. The number of nitrogens with one attached hydrogen (secondary N) is 1. The van der Waals surface area contributed by atoms with Crippen LogP contribution in [0.4, 0.5) is 35.9 Å². The monoisotopic (exact) mass is 659 g/mol. The van der Waals surface area contributed by atoms with E-state index in [9.17, 15) is 46.1 Å². The number of rotatable bonds is 5. The second kappa shape index (κ2) is 12.9. The molecule has 1 fully saturated rings. The number of aliphatic imine (C=N–C) groups is 1. The van der Waals surface area contributed by atoms with Crippen LogP contribution in [-0.4, -0.2) is 61.6 Å². The fourth-order valence-electron chi connectivity index (χ4n) is 4.40. The van der Waals surface area contributed by atoms with E-state index in [4.69, 9.17) is 14.0 Å². The van der Waals surface area contributed by atoms with Crippen molar-refractivity contribution < 1.29 is 60.1 Å². The number of carbonyl (C=O) groups is 2. The lowest BCUT2D eigenvalue weighted by atomic mass is 10.1. The molecule has 0 aliphatic carbocycles. The third-order valence-corrected chi connectivity index (χ3v) is 6.37. The fourth-order valence-corrected chi connectivity index (χ4v) is 4.40. The number of nitrogens with zero attached hydrogens (tertiary/aromatic N) is 4. The fraction of sp³-hybridized carbons (Fsp3) is 0.393. The molecule has 0 spiro atoms. The summed E-state index contributed by atoms with van der Waals surface area (Å²) >= 11 is 0. The van der Waals surface area contributed by atoms with Crippen LogP contribution in [0.3, 0.4) is 0 Å². The number of alkyl carbamates (subject to hydrolysis) is 1. The molecular formula is C28H27F6N5O7. The predicted octanol–water partition coefficient (Wildman–Crippen LogP) is 6.02. The summed E-state index contributed by atoms with van der Waals surface area (Å²) < 4.78 is 96.0. The molecule has 12 nitrogen and oxygen atoms in total. The topological polar surface area (TPSA) is 160 Å². The second-order valence-electron chi connectivity index (χ2n) is 11.0. The van der Waals surface area contributed by atoms with Gasteiger partial charge < -0.3 is 29.1 Å². The summed E-state index contributed by atoms with van der Waals surface area (Å²) in [6.07, 6.45) is -13.4. The minimum atomic E-state index is -4.92. The molecule has 2 aromatic carbocycles. The highest BCUT2D eigenvalue weighted by atomic mass is 19.4. The zero-order valence-electron chi connectivity index (χ0n) is 24.3. The van der Waals surface area contributed by atoms with E-state index in [1.165, 1.54) is 11.0 Å². The summed E-state index contributed by atoms with van der Waals surface area (Å²) in [5.41, 5.74) is -3.08. The highest BCUT2D eigenvalue weighted by molar-refractivity contribution is 5.98. The van der Waals surface area contributed by atoms with E-state index in [1.54, 1.807) is 20.8 Å². The van der Waals surface area contributed by atoms with E-state index in [-0.39, 0.29) is 35.8 Å².